The highest BCUT2D eigenvalue weighted by molar-refractivity contribution is 5.87. The molecule has 2 aliphatic carbocycles. The predicted octanol–water partition coefficient (Wildman–Crippen LogP) is 2.24. The van der Waals surface area contributed by atoms with Gasteiger partial charge in [-0.25, -0.2) is 9.59 Å². The Morgan fingerprint density at radius 1 is 1.26 bits per heavy atom. The molecule has 5 heteroatoms. The molecular formula is C14H23NO4. The van der Waals surface area contributed by atoms with E-state index >= 15 is 0 Å². The maximum Gasteiger partial charge on any atom is 0.407 e. The van der Waals surface area contributed by atoms with Gasteiger partial charge in [0.25, 0.3) is 0 Å². The highest BCUT2D eigenvalue weighted by Gasteiger charge is 2.58. The Kier molecular flexibility index (Phi) is 3.49. The number of esters is 1. The van der Waals surface area contributed by atoms with Crippen LogP contribution < -0.4 is 5.32 Å². The zero-order chi connectivity index (χ0) is 14.3. The molecule has 0 radical (unpaired) electrons. The summed E-state index contributed by atoms with van der Waals surface area (Å²) in [7, 11) is 1.31. The molecule has 3 unspecified atom stereocenters. The standard InChI is InChI=1S/C14H23NO4/c1-13(2,3)19-11(16)14(15-12(17)18-4)8-9-5-6-10(14)7-9/h9-10H,5-8H2,1-4H3,(H,15,17). The number of methoxy groups -OCH3 is 1. The van der Waals surface area contributed by atoms with Crippen molar-refractivity contribution in [2.45, 2.75) is 57.6 Å². The summed E-state index contributed by atoms with van der Waals surface area (Å²) in [5.74, 6) is 0.360. The Balaban J connectivity index is 2.20. The average molecular weight is 269 g/mol. The first-order chi connectivity index (χ1) is 8.77. The van der Waals surface area contributed by atoms with E-state index in [1.807, 2.05) is 20.8 Å². The van der Waals surface area contributed by atoms with Crippen LogP contribution in [0.1, 0.15) is 46.5 Å². The summed E-state index contributed by atoms with van der Waals surface area (Å²) in [6.07, 6.45) is 3.20. The van der Waals surface area contributed by atoms with E-state index in [1.54, 1.807) is 0 Å². The Hall–Kier alpha value is -1.26. The van der Waals surface area contributed by atoms with Crippen LogP contribution in [0, 0.1) is 11.8 Å². The monoisotopic (exact) mass is 269 g/mol. The van der Waals surface area contributed by atoms with Crippen molar-refractivity contribution in [3.63, 3.8) is 0 Å². The van der Waals surface area contributed by atoms with E-state index in [-0.39, 0.29) is 11.9 Å². The first kappa shape index (κ1) is 14.2. The summed E-state index contributed by atoms with van der Waals surface area (Å²) < 4.78 is 10.2. The number of carbonyl (C=O) groups excluding carboxylic acids is 2. The van der Waals surface area contributed by atoms with Gasteiger partial charge in [0.1, 0.15) is 11.1 Å². The second-order valence-electron chi connectivity index (χ2n) is 6.67. The molecule has 1 N–H and O–H groups in total. The Morgan fingerprint density at radius 2 is 1.95 bits per heavy atom. The van der Waals surface area contributed by atoms with Gasteiger partial charge < -0.3 is 14.8 Å². The lowest BCUT2D eigenvalue weighted by Crippen LogP contribution is -2.59. The molecule has 2 bridgehead atoms. The van der Waals surface area contributed by atoms with Crippen LogP contribution in [0.5, 0.6) is 0 Å². The fourth-order valence-electron chi connectivity index (χ4n) is 3.39. The third-order valence-electron chi connectivity index (χ3n) is 4.12. The Bertz CT molecular complexity index is 387. The van der Waals surface area contributed by atoms with Crippen LogP contribution in [-0.2, 0) is 14.3 Å². The fraction of sp³-hybridized carbons (Fsp3) is 0.857. The van der Waals surface area contributed by atoms with Crippen molar-refractivity contribution in [2.75, 3.05) is 7.11 Å². The molecule has 5 nitrogen and oxygen atoms in total. The second-order valence-corrected chi connectivity index (χ2v) is 6.67. The molecule has 2 saturated carbocycles. The highest BCUT2D eigenvalue weighted by Crippen LogP contribution is 2.51. The molecular weight excluding hydrogens is 246 g/mol. The number of nitrogens with one attached hydrogen (secondary N) is 1. The van der Waals surface area contributed by atoms with Gasteiger partial charge in [0, 0.05) is 0 Å². The number of hydrogen-bond donors (Lipinski definition) is 1. The molecule has 0 aromatic carbocycles. The van der Waals surface area contributed by atoms with Gasteiger partial charge in [0.15, 0.2) is 0 Å². The van der Waals surface area contributed by atoms with E-state index in [0.29, 0.717) is 12.3 Å². The van der Waals surface area contributed by atoms with Crippen LogP contribution in [0.2, 0.25) is 0 Å². The molecule has 0 aliphatic heterocycles. The Labute approximate surface area is 114 Å². The molecule has 0 spiro atoms. The van der Waals surface area contributed by atoms with Crippen molar-refractivity contribution in [3.8, 4) is 0 Å². The quantitative estimate of drug-likeness (QED) is 0.781. The van der Waals surface area contributed by atoms with Crippen LogP contribution in [0.25, 0.3) is 0 Å². The maximum atomic E-state index is 12.5. The number of hydrogen-bond acceptors (Lipinski definition) is 4. The van der Waals surface area contributed by atoms with Gasteiger partial charge in [-0.05, 0) is 58.3 Å². The lowest BCUT2D eigenvalue weighted by molar-refractivity contribution is -0.165. The summed E-state index contributed by atoms with van der Waals surface area (Å²) >= 11 is 0. The average Bonchev–Trinajstić information content (AvgIpc) is 2.87. The van der Waals surface area contributed by atoms with Crippen molar-refractivity contribution in [1.82, 2.24) is 5.32 Å². The molecule has 108 valence electrons. The predicted molar refractivity (Wildman–Crippen MR) is 69.6 cm³/mol. The van der Waals surface area contributed by atoms with Gasteiger partial charge in [-0.2, -0.15) is 0 Å². The largest absolute Gasteiger partial charge is 0.458 e. The molecule has 0 heterocycles. The van der Waals surface area contributed by atoms with Crippen molar-refractivity contribution < 1.29 is 19.1 Å². The molecule has 1 amide bonds. The summed E-state index contributed by atoms with van der Waals surface area (Å²) in [5, 5.41) is 2.76. The van der Waals surface area contributed by atoms with Crippen LogP contribution in [0.15, 0.2) is 0 Å². The van der Waals surface area contributed by atoms with Gasteiger partial charge in [0.2, 0.25) is 0 Å². The number of amides is 1. The van der Waals surface area contributed by atoms with E-state index < -0.39 is 17.2 Å². The third-order valence-corrected chi connectivity index (χ3v) is 4.12. The number of alkyl carbamates (subject to hydrolysis) is 1. The minimum Gasteiger partial charge on any atom is -0.458 e. The van der Waals surface area contributed by atoms with Gasteiger partial charge in [-0.3, -0.25) is 0 Å². The number of rotatable bonds is 2. The highest BCUT2D eigenvalue weighted by atomic mass is 16.6. The zero-order valence-corrected chi connectivity index (χ0v) is 12.1. The third kappa shape index (κ3) is 2.69. The van der Waals surface area contributed by atoms with Gasteiger partial charge >= 0.3 is 12.1 Å². The summed E-state index contributed by atoms with van der Waals surface area (Å²) in [6, 6.07) is 0. The molecule has 0 saturated heterocycles. The summed E-state index contributed by atoms with van der Waals surface area (Å²) in [6.45, 7) is 5.51. The van der Waals surface area contributed by atoms with Crippen molar-refractivity contribution >= 4 is 12.1 Å². The van der Waals surface area contributed by atoms with Gasteiger partial charge in [-0.15, -0.1) is 0 Å². The second kappa shape index (κ2) is 4.69. The van der Waals surface area contributed by atoms with Crippen molar-refractivity contribution in [2.24, 2.45) is 11.8 Å². The van der Waals surface area contributed by atoms with E-state index in [4.69, 9.17) is 4.74 Å². The number of fused-ring (bicyclic) bond motifs is 2. The van der Waals surface area contributed by atoms with Crippen LogP contribution in [0.4, 0.5) is 4.79 Å². The van der Waals surface area contributed by atoms with E-state index in [1.165, 1.54) is 7.11 Å². The summed E-state index contributed by atoms with van der Waals surface area (Å²) in [4.78, 5) is 24.1. The first-order valence-corrected chi connectivity index (χ1v) is 6.86. The lowest BCUT2D eigenvalue weighted by atomic mass is 9.81. The molecule has 19 heavy (non-hydrogen) atoms. The maximum absolute atomic E-state index is 12.5. The minimum atomic E-state index is -0.886. The van der Waals surface area contributed by atoms with Gasteiger partial charge in [0.05, 0.1) is 7.11 Å². The smallest absolute Gasteiger partial charge is 0.407 e. The first-order valence-electron chi connectivity index (χ1n) is 6.86. The normalized spacial score (nSPS) is 33.1. The summed E-state index contributed by atoms with van der Waals surface area (Å²) in [5.41, 5.74) is -1.44. The molecule has 2 fully saturated rings. The molecule has 0 aromatic heterocycles. The van der Waals surface area contributed by atoms with Crippen LogP contribution in [0.3, 0.4) is 0 Å². The van der Waals surface area contributed by atoms with E-state index in [9.17, 15) is 9.59 Å². The van der Waals surface area contributed by atoms with E-state index in [0.717, 1.165) is 19.3 Å². The Morgan fingerprint density at radius 3 is 2.37 bits per heavy atom. The topological polar surface area (TPSA) is 64.6 Å². The molecule has 2 aliphatic rings. The fourth-order valence-corrected chi connectivity index (χ4v) is 3.39. The zero-order valence-electron chi connectivity index (χ0n) is 12.1. The van der Waals surface area contributed by atoms with E-state index in [2.05, 4.69) is 10.1 Å². The van der Waals surface area contributed by atoms with Crippen molar-refractivity contribution in [1.29, 1.82) is 0 Å². The lowest BCUT2D eigenvalue weighted by Gasteiger charge is -2.37. The molecule has 2 rings (SSSR count). The number of carbonyl (C=O) groups is 2. The SMILES string of the molecule is COC(=O)NC1(C(=O)OC(C)(C)C)CC2CCC1C2. The number of ether oxygens (including phenoxy) is 2. The molecule has 0 aromatic rings. The van der Waals surface area contributed by atoms with Crippen LogP contribution >= 0.6 is 0 Å². The minimum absolute atomic E-state index is 0.173. The van der Waals surface area contributed by atoms with Crippen LogP contribution in [-0.4, -0.2) is 30.3 Å². The van der Waals surface area contributed by atoms with Crippen molar-refractivity contribution in [3.05, 3.63) is 0 Å². The molecule has 3 atom stereocenters. The van der Waals surface area contributed by atoms with Gasteiger partial charge in [-0.1, -0.05) is 0 Å².